The first kappa shape index (κ1) is 11.8. The average molecular weight is 294 g/mol. The molecule has 4 rings (SSSR count). The third-order valence-corrected chi connectivity index (χ3v) is 4.92. The maximum atomic E-state index is 4.20. The van der Waals surface area contributed by atoms with Crippen LogP contribution >= 0.6 is 22.7 Å². The van der Waals surface area contributed by atoms with E-state index in [9.17, 15) is 0 Å². The summed E-state index contributed by atoms with van der Waals surface area (Å²) in [6.07, 6.45) is 3.87. The molecule has 0 aliphatic heterocycles. The molecule has 2 aromatic heterocycles. The second-order valence-electron chi connectivity index (χ2n) is 4.44. The number of nitrogens with zero attached hydrogens (tertiary/aromatic N) is 2. The summed E-state index contributed by atoms with van der Waals surface area (Å²) >= 11 is 3.35. The van der Waals surface area contributed by atoms with Crippen LogP contribution in [0.2, 0.25) is 0 Å². The van der Waals surface area contributed by atoms with Crippen LogP contribution in [0.3, 0.4) is 0 Å². The molecule has 0 unspecified atom stereocenters. The van der Waals surface area contributed by atoms with E-state index in [1.54, 1.807) is 22.7 Å². The molecule has 0 atom stereocenters. The summed E-state index contributed by atoms with van der Waals surface area (Å²) in [7, 11) is 0. The molecule has 0 aromatic carbocycles. The van der Waals surface area contributed by atoms with Crippen LogP contribution in [0.1, 0.15) is 0 Å². The molecule has 0 spiro atoms. The molecule has 0 saturated heterocycles. The van der Waals surface area contributed by atoms with Gasteiger partial charge >= 0.3 is 0 Å². The lowest BCUT2D eigenvalue weighted by Crippen LogP contribution is -1.72. The van der Waals surface area contributed by atoms with Crippen LogP contribution in [0.4, 0.5) is 0 Å². The van der Waals surface area contributed by atoms with Gasteiger partial charge in [0.1, 0.15) is 0 Å². The highest BCUT2D eigenvalue weighted by Gasteiger charge is 2.18. The van der Waals surface area contributed by atoms with Crippen LogP contribution in [-0.2, 0) is 0 Å². The van der Waals surface area contributed by atoms with Gasteiger partial charge in [-0.3, -0.25) is 9.97 Å². The normalized spacial score (nSPS) is 11.0. The molecule has 2 aliphatic carbocycles. The zero-order chi connectivity index (χ0) is 13.4. The van der Waals surface area contributed by atoms with Crippen molar-refractivity contribution in [2.45, 2.75) is 0 Å². The van der Waals surface area contributed by atoms with Crippen LogP contribution in [-0.4, -0.2) is 9.97 Å². The summed E-state index contributed by atoms with van der Waals surface area (Å²) in [6, 6.07) is 12.8. The van der Waals surface area contributed by atoms with Crippen molar-refractivity contribution in [2.75, 3.05) is 0 Å². The van der Waals surface area contributed by atoms with Gasteiger partial charge in [0.25, 0.3) is 0 Å². The van der Waals surface area contributed by atoms with Crippen molar-refractivity contribution in [3.8, 4) is 32.0 Å². The highest BCUT2D eigenvalue weighted by molar-refractivity contribution is 7.13. The predicted octanol–water partition coefficient (Wildman–Crippen LogP) is 5.04. The molecule has 2 aliphatic rings. The van der Waals surface area contributed by atoms with Gasteiger partial charge in [-0.15, -0.1) is 22.7 Å². The molecule has 2 nitrogen and oxygen atoms in total. The molecule has 0 fully saturated rings. The molecule has 20 heavy (non-hydrogen) atoms. The molecule has 2 heterocycles. The number of rotatable bonds is 2. The maximum Gasteiger partial charge on any atom is 0.0797 e. The number of aromatic nitrogens is 2. The van der Waals surface area contributed by atoms with Gasteiger partial charge in [-0.05, 0) is 17.2 Å². The molecular weight excluding hydrogens is 284 g/mol. The van der Waals surface area contributed by atoms with Crippen molar-refractivity contribution >= 4 is 22.7 Å². The second-order valence-corrected chi connectivity index (χ2v) is 6.21. The Balaban J connectivity index is 2.03. The van der Waals surface area contributed by atoms with E-state index in [4.69, 9.17) is 0 Å². The minimum atomic E-state index is 1.21. The van der Waals surface area contributed by atoms with Gasteiger partial charge in [0.15, 0.2) is 0 Å². The van der Waals surface area contributed by atoms with Gasteiger partial charge in [-0.2, -0.15) is 0 Å². The molecule has 0 bridgehead atoms. The van der Waals surface area contributed by atoms with Crippen LogP contribution in [0.15, 0.2) is 59.8 Å². The molecule has 0 amide bonds. The third-order valence-electron chi connectivity index (χ3n) is 3.30. The van der Waals surface area contributed by atoms with Crippen molar-refractivity contribution < 1.29 is 0 Å². The van der Waals surface area contributed by atoms with Crippen molar-refractivity contribution in [2.24, 2.45) is 0 Å². The maximum absolute atomic E-state index is 4.20. The van der Waals surface area contributed by atoms with Crippen LogP contribution < -0.4 is 0 Å². The molecule has 0 saturated carbocycles. The van der Waals surface area contributed by atoms with E-state index in [-0.39, 0.29) is 0 Å². The Morgan fingerprint density at radius 3 is 1.65 bits per heavy atom. The highest BCUT2D eigenvalue weighted by Crippen LogP contribution is 2.44. The number of fused-ring (bicyclic) bond motifs is 1. The van der Waals surface area contributed by atoms with Gasteiger partial charge in [0, 0.05) is 23.5 Å². The average Bonchev–Trinajstić information content (AvgIpc) is 3.16. The predicted molar refractivity (Wildman–Crippen MR) is 85.3 cm³/mol. The Kier molecular flexibility index (Phi) is 2.83. The van der Waals surface area contributed by atoms with E-state index in [1.807, 2.05) is 23.4 Å². The largest absolute Gasteiger partial charge is 0.252 e. The van der Waals surface area contributed by atoms with Crippen molar-refractivity contribution in [3.63, 3.8) is 0 Å². The smallest absolute Gasteiger partial charge is 0.0797 e. The second kappa shape index (κ2) is 4.81. The van der Waals surface area contributed by atoms with Gasteiger partial charge in [-0.1, -0.05) is 30.3 Å². The van der Waals surface area contributed by atoms with Gasteiger partial charge in [-0.25, -0.2) is 0 Å². The SMILES string of the molecule is c1ccc2c(-c3cncs3)cc(-c3cncs3)c-2cc1. The fourth-order valence-corrected chi connectivity index (χ4v) is 3.73. The molecule has 4 heteroatoms. The lowest BCUT2D eigenvalue weighted by Gasteiger charge is -1.99. The fraction of sp³-hybridized carbons (Fsp3) is 0. The first-order valence-corrected chi connectivity index (χ1v) is 7.99. The van der Waals surface area contributed by atoms with Gasteiger partial charge < -0.3 is 0 Å². The van der Waals surface area contributed by atoms with Gasteiger partial charge in [0.05, 0.1) is 20.8 Å². The lowest BCUT2D eigenvalue weighted by atomic mass is 10.1. The Labute approximate surface area is 124 Å². The molecule has 2 aromatic rings. The number of hydrogen-bond donors (Lipinski definition) is 0. The van der Waals surface area contributed by atoms with Gasteiger partial charge in [0.2, 0.25) is 0 Å². The first-order chi connectivity index (χ1) is 9.93. The third kappa shape index (κ3) is 1.85. The summed E-state index contributed by atoms with van der Waals surface area (Å²) in [4.78, 5) is 10.8. The number of thiazole rings is 2. The summed E-state index contributed by atoms with van der Waals surface area (Å²) in [5.74, 6) is 0. The standard InChI is InChI=1S/C16H10N2S2/c1-2-4-11-12(5-3-1)14(16-8-18-10-20-16)6-13(11)15-7-17-9-19-15/h1-10H. The monoisotopic (exact) mass is 294 g/mol. The highest BCUT2D eigenvalue weighted by atomic mass is 32.1. The van der Waals surface area contributed by atoms with E-state index in [0.717, 1.165) is 0 Å². The zero-order valence-electron chi connectivity index (χ0n) is 10.5. The van der Waals surface area contributed by atoms with E-state index < -0.39 is 0 Å². The molecule has 0 radical (unpaired) electrons. The minimum Gasteiger partial charge on any atom is -0.252 e. The first-order valence-electron chi connectivity index (χ1n) is 6.23. The topological polar surface area (TPSA) is 25.8 Å². The Hall–Kier alpha value is -2.04. The van der Waals surface area contributed by atoms with Crippen LogP contribution in [0, 0.1) is 0 Å². The Morgan fingerprint density at radius 1 is 0.650 bits per heavy atom. The summed E-state index contributed by atoms with van der Waals surface area (Å²) in [6.45, 7) is 0. The Morgan fingerprint density at radius 2 is 1.20 bits per heavy atom. The Bertz CT molecular complexity index is 739. The fourth-order valence-electron chi connectivity index (χ4n) is 2.42. The van der Waals surface area contributed by atoms with E-state index in [0.29, 0.717) is 0 Å². The lowest BCUT2D eigenvalue weighted by molar-refractivity contribution is 1.42. The van der Waals surface area contributed by atoms with E-state index >= 15 is 0 Å². The van der Waals surface area contributed by atoms with Crippen molar-refractivity contribution in [3.05, 3.63) is 59.8 Å². The summed E-state index contributed by atoms with van der Waals surface area (Å²) in [5.41, 5.74) is 8.79. The molecule has 0 N–H and O–H groups in total. The number of hydrogen-bond acceptors (Lipinski definition) is 4. The van der Waals surface area contributed by atoms with Crippen LogP contribution in [0.5, 0.6) is 0 Å². The van der Waals surface area contributed by atoms with Crippen molar-refractivity contribution in [1.29, 1.82) is 0 Å². The minimum absolute atomic E-state index is 1.21. The quantitative estimate of drug-likeness (QED) is 0.517. The molecular formula is C16H10N2S2. The van der Waals surface area contributed by atoms with E-state index in [2.05, 4.69) is 46.4 Å². The van der Waals surface area contributed by atoms with Crippen LogP contribution in [0.25, 0.3) is 32.0 Å². The summed E-state index contributed by atoms with van der Waals surface area (Å²) < 4.78 is 0. The summed E-state index contributed by atoms with van der Waals surface area (Å²) in [5, 5.41) is 0. The van der Waals surface area contributed by atoms with E-state index in [1.165, 1.54) is 32.0 Å². The zero-order valence-corrected chi connectivity index (χ0v) is 12.1. The molecule has 96 valence electrons. The van der Waals surface area contributed by atoms with Crippen molar-refractivity contribution in [1.82, 2.24) is 9.97 Å².